The fourth-order valence-electron chi connectivity index (χ4n) is 3.74. The number of esters is 1. The summed E-state index contributed by atoms with van der Waals surface area (Å²) in [5.41, 5.74) is 4.49. The Kier molecular flexibility index (Phi) is 6.60. The molecular formula is C24H24N4O2S. The van der Waals surface area contributed by atoms with E-state index in [4.69, 9.17) is 15.0 Å². The molecule has 1 fully saturated rings. The molecule has 0 saturated carbocycles. The van der Waals surface area contributed by atoms with E-state index in [0.717, 1.165) is 55.4 Å². The van der Waals surface area contributed by atoms with Crippen LogP contribution in [0.15, 0.2) is 53.9 Å². The summed E-state index contributed by atoms with van der Waals surface area (Å²) in [5.74, 6) is -0.331. The van der Waals surface area contributed by atoms with Crippen molar-refractivity contribution in [1.82, 2.24) is 9.88 Å². The van der Waals surface area contributed by atoms with E-state index >= 15 is 0 Å². The topological polar surface area (TPSA) is 69.5 Å². The van der Waals surface area contributed by atoms with E-state index in [1.807, 2.05) is 36.4 Å². The van der Waals surface area contributed by atoms with Crippen molar-refractivity contribution in [2.24, 2.45) is 0 Å². The number of rotatable bonds is 5. The molecule has 0 amide bonds. The van der Waals surface area contributed by atoms with Gasteiger partial charge in [0, 0.05) is 49.4 Å². The van der Waals surface area contributed by atoms with Gasteiger partial charge in [-0.3, -0.25) is 4.90 Å². The molecule has 3 aromatic rings. The summed E-state index contributed by atoms with van der Waals surface area (Å²) in [7, 11) is 1.38. The Morgan fingerprint density at radius 2 is 1.87 bits per heavy atom. The molecule has 0 unspecified atom stereocenters. The van der Waals surface area contributed by atoms with E-state index in [-0.39, 0.29) is 5.97 Å². The lowest BCUT2D eigenvalue weighted by Gasteiger charge is -2.23. The number of ether oxygens (including phenoxy) is 1. The fraction of sp³-hybridized carbons (Fsp3) is 0.292. The maximum absolute atomic E-state index is 11.6. The minimum Gasteiger partial charge on any atom is -0.465 e. The zero-order valence-electron chi connectivity index (χ0n) is 17.5. The number of nitriles is 1. The first-order valence-electron chi connectivity index (χ1n) is 10.3. The highest BCUT2D eigenvalue weighted by molar-refractivity contribution is 7.13. The molecule has 2 heterocycles. The molecule has 0 spiro atoms. The van der Waals surface area contributed by atoms with Gasteiger partial charge < -0.3 is 9.64 Å². The van der Waals surface area contributed by atoms with Gasteiger partial charge in [-0.05, 0) is 42.8 Å². The van der Waals surface area contributed by atoms with Crippen LogP contribution < -0.4 is 4.90 Å². The third-order valence-corrected chi connectivity index (χ3v) is 6.38. The van der Waals surface area contributed by atoms with Gasteiger partial charge in [0.25, 0.3) is 0 Å². The summed E-state index contributed by atoms with van der Waals surface area (Å²) >= 11 is 1.63. The average molecular weight is 433 g/mol. The SMILES string of the molecule is COC(=O)c1ccc(-c2nc(CN3CCCN(c4ccc(C#N)cc4)CC3)cs2)cc1. The van der Waals surface area contributed by atoms with Crippen LogP contribution in [-0.2, 0) is 11.3 Å². The highest BCUT2D eigenvalue weighted by Crippen LogP contribution is 2.25. The van der Waals surface area contributed by atoms with Crippen LogP contribution in [-0.4, -0.2) is 49.1 Å². The van der Waals surface area contributed by atoms with Gasteiger partial charge in [-0.15, -0.1) is 11.3 Å². The predicted octanol–water partition coefficient (Wildman–Crippen LogP) is 4.18. The first-order chi connectivity index (χ1) is 15.2. The van der Waals surface area contributed by atoms with Gasteiger partial charge in [-0.1, -0.05) is 12.1 Å². The first kappa shape index (κ1) is 21.0. The molecule has 4 rings (SSSR count). The van der Waals surface area contributed by atoms with Crippen LogP contribution >= 0.6 is 11.3 Å². The van der Waals surface area contributed by atoms with Crippen molar-refractivity contribution in [2.45, 2.75) is 13.0 Å². The van der Waals surface area contributed by atoms with E-state index < -0.39 is 0 Å². The maximum atomic E-state index is 11.6. The van der Waals surface area contributed by atoms with Crippen LogP contribution in [0.5, 0.6) is 0 Å². The van der Waals surface area contributed by atoms with Gasteiger partial charge >= 0.3 is 5.97 Å². The summed E-state index contributed by atoms with van der Waals surface area (Å²) in [6.45, 7) is 4.81. The summed E-state index contributed by atoms with van der Waals surface area (Å²) in [6, 6.07) is 17.4. The van der Waals surface area contributed by atoms with E-state index in [9.17, 15) is 4.79 Å². The van der Waals surface area contributed by atoms with Crippen molar-refractivity contribution >= 4 is 23.0 Å². The summed E-state index contributed by atoms with van der Waals surface area (Å²) < 4.78 is 4.75. The normalized spacial score (nSPS) is 14.6. The summed E-state index contributed by atoms with van der Waals surface area (Å²) in [4.78, 5) is 21.2. The van der Waals surface area contributed by atoms with Gasteiger partial charge in [-0.25, -0.2) is 9.78 Å². The van der Waals surface area contributed by atoms with Gasteiger partial charge in [0.2, 0.25) is 0 Å². The molecule has 0 radical (unpaired) electrons. The Morgan fingerprint density at radius 3 is 2.58 bits per heavy atom. The van der Waals surface area contributed by atoms with E-state index in [1.165, 1.54) is 12.8 Å². The molecule has 0 aliphatic carbocycles. The summed E-state index contributed by atoms with van der Waals surface area (Å²) in [6.07, 6.45) is 1.09. The number of anilines is 1. The van der Waals surface area contributed by atoms with Crippen molar-refractivity contribution < 1.29 is 9.53 Å². The molecule has 1 saturated heterocycles. The number of aromatic nitrogens is 1. The number of carbonyl (C=O) groups is 1. The van der Waals surface area contributed by atoms with Crippen molar-refractivity contribution in [2.75, 3.05) is 38.2 Å². The molecule has 158 valence electrons. The van der Waals surface area contributed by atoms with Crippen LogP contribution in [0.4, 0.5) is 5.69 Å². The van der Waals surface area contributed by atoms with Gasteiger partial charge in [0.15, 0.2) is 0 Å². The lowest BCUT2D eigenvalue weighted by molar-refractivity contribution is 0.0601. The number of nitrogens with zero attached hydrogens (tertiary/aromatic N) is 4. The minimum absolute atomic E-state index is 0.331. The Bertz CT molecular complexity index is 1070. The predicted molar refractivity (Wildman–Crippen MR) is 122 cm³/mol. The van der Waals surface area contributed by atoms with Crippen LogP contribution in [0.3, 0.4) is 0 Å². The maximum Gasteiger partial charge on any atom is 0.337 e. The molecule has 1 aliphatic heterocycles. The number of hydrogen-bond donors (Lipinski definition) is 0. The first-order valence-corrected chi connectivity index (χ1v) is 11.1. The van der Waals surface area contributed by atoms with E-state index in [0.29, 0.717) is 11.1 Å². The van der Waals surface area contributed by atoms with Gasteiger partial charge in [0.05, 0.1) is 30.0 Å². The smallest absolute Gasteiger partial charge is 0.337 e. The minimum atomic E-state index is -0.331. The van der Waals surface area contributed by atoms with E-state index in [2.05, 4.69) is 21.2 Å². The van der Waals surface area contributed by atoms with Crippen LogP contribution in [0, 0.1) is 11.3 Å². The molecule has 0 atom stereocenters. The second kappa shape index (κ2) is 9.73. The number of benzene rings is 2. The molecule has 2 aromatic carbocycles. The zero-order valence-corrected chi connectivity index (χ0v) is 18.3. The van der Waals surface area contributed by atoms with Gasteiger partial charge in [0.1, 0.15) is 5.01 Å². The average Bonchev–Trinajstić information content (AvgIpc) is 3.16. The van der Waals surface area contributed by atoms with Crippen LogP contribution in [0.25, 0.3) is 10.6 Å². The highest BCUT2D eigenvalue weighted by Gasteiger charge is 2.17. The standard InChI is InChI=1S/C24H24N4O2S/c1-30-24(29)20-7-5-19(6-8-20)23-26-21(17-31-23)16-27-11-2-12-28(14-13-27)22-9-3-18(15-25)4-10-22/h3-10,17H,2,11-14,16H2,1H3. The molecule has 7 heteroatoms. The third kappa shape index (κ3) is 5.10. The number of hydrogen-bond acceptors (Lipinski definition) is 7. The molecule has 6 nitrogen and oxygen atoms in total. The molecular weight excluding hydrogens is 408 g/mol. The van der Waals surface area contributed by atoms with Gasteiger partial charge in [-0.2, -0.15) is 5.26 Å². The number of thiazole rings is 1. The number of methoxy groups -OCH3 is 1. The fourth-order valence-corrected chi connectivity index (χ4v) is 4.56. The highest BCUT2D eigenvalue weighted by atomic mass is 32.1. The Hall–Kier alpha value is -3.21. The zero-order chi connectivity index (χ0) is 21.6. The Labute approximate surface area is 186 Å². The Balaban J connectivity index is 1.36. The molecule has 31 heavy (non-hydrogen) atoms. The van der Waals surface area contributed by atoms with Crippen LogP contribution in [0.2, 0.25) is 0 Å². The Morgan fingerprint density at radius 1 is 1.10 bits per heavy atom. The van der Waals surface area contributed by atoms with Crippen molar-refractivity contribution in [1.29, 1.82) is 5.26 Å². The molecule has 1 aromatic heterocycles. The second-order valence-electron chi connectivity index (χ2n) is 7.49. The largest absolute Gasteiger partial charge is 0.465 e. The number of carbonyl (C=O) groups excluding carboxylic acids is 1. The van der Waals surface area contributed by atoms with Crippen molar-refractivity contribution in [3.63, 3.8) is 0 Å². The monoisotopic (exact) mass is 432 g/mol. The van der Waals surface area contributed by atoms with E-state index in [1.54, 1.807) is 23.5 Å². The van der Waals surface area contributed by atoms with Crippen molar-refractivity contribution in [3.8, 4) is 16.6 Å². The molecule has 0 bridgehead atoms. The third-order valence-electron chi connectivity index (χ3n) is 5.44. The molecule has 1 aliphatic rings. The quantitative estimate of drug-likeness (QED) is 0.564. The van der Waals surface area contributed by atoms with Crippen LogP contribution in [0.1, 0.15) is 28.0 Å². The lowest BCUT2D eigenvalue weighted by atomic mass is 10.1. The lowest BCUT2D eigenvalue weighted by Crippen LogP contribution is -2.30. The second-order valence-corrected chi connectivity index (χ2v) is 8.35. The van der Waals surface area contributed by atoms with Crippen molar-refractivity contribution in [3.05, 3.63) is 70.7 Å². The summed E-state index contributed by atoms with van der Waals surface area (Å²) in [5, 5.41) is 12.1. The molecule has 0 N–H and O–H groups in total.